The molecule has 108 valence electrons. The van der Waals surface area contributed by atoms with Crippen molar-refractivity contribution in [1.29, 1.82) is 0 Å². The number of benzene rings is 1. The lowest BCUT2D eigenvalue weighted by Crippen LogP contribution is -2.40. The Bertz CT molecular complexity index is 439. The van der Waals surface area contributed by atoms with Crippen molar-refractivity contribution in [2.75, 3.05) is 0 Å². The first kappa shape index (κ1) is 16.2. The highest BCUT2D eigenvalue weighted by molar-refractivity contribution is 6.21. The summed E-state index contributed by atoms with van der Waals surface area (Å²) in [5.74, 6) is -4.95. The van der Waals surface area contributed by atoms with Crippen LogP contribution in [0.15, 0.2) is 18.2 Å². The Morgan fingerprint density at radius 3 is 2.05 bits per heavy atom. The van der Waals surface area contributed by atoms with Crippen molar-refractivity contribution in [3.8, 4) is 0 Å². The van der Waals surface area contributed by atoms with Crippen LogP contribution in [0.2, 0.25) is 0 Å². The van der Waals surface area contributed by atoms with Gasteiger partial charge in [-0.05, 0) is 29.5 Å². The van der Waals surface area contributed by atoms with Crippen LogP contribution in [0.1, 0.15) is 35.9 Å². The summed E-state index contributed by atoms with van der Waals surface area (Å²) < 4.78 is 63.7. The highest BCUT2D eigenvalue weighted by Gasteiger charge is 2.62. The van der Waals surface area contributed by atoms with Crippen LogP contribution in [0.3, 0.4) is 0 Å². The van der Waals surface area contributed by atoms with Crippen molar-refractivity contribution in [3.05, 3.63) is 34.9 Å². The molecular formula is C13H14ClF5. The molecule has 1 rings (SSSR count). The lowest BCUT2D eigenvalue weighted by Gasteiger charge is -2.26. The molecule has 1 atom stereocenters. The van der Waals surface area contributed by atoms with E-state index in [1.807, 2.05) is 0 Å². The van der Waals surface area contributed by atoms with Gasteiger partial charge in [0.15, 0.2) is 0 Å². The number of halogens is 6. The minimum absolute atomic E-state index is 0.147. The molecule has 0 aliphatic rings. The quantitative estimate of drug-likeness (QED) is 0.523. The summed E-state index contributed by atoms with van der Waals surface area (Å²) >= 11 is 5.43. The van der Waals surface area contributed by atoms with Crippen LogP contribution in [0.5, 0.6) is 0 Å². The summed E-state index contributed by atoms with van der Waals surface area (Å²) in [6.07, 6.45) is -4.78. The van der Waals surface area contributed by atoms with Gasteiger partial charge in [-0.25, -0.2) is 0 Å². The third-order valence-corrected chi connectivity index (χ3v) is 3.48. The molecule has 19 heavy (non-hydrogen) atoms. The molecule has 6 heteroatoms. The zero-order valence-corrected chi connectivity index (χ0v) is 11.2. The predicted octanol–water partition coefficient (Wildman–Crippen LogP) is 5.29. The molecule has 0 saturated heterocycles. The third-order valence-electron chi connectivity index (χ3n) is 2.97. The molecule has 0 aliphatic carbocycles. The van der Waals surface area contributed by atoms with Crippen LogP contribution < -0.4 is 0 Å². The smallest absolute Gasteiger partial charge is 0.194 e. The van der Waals surface area contributed by atoms with E-state index in [2.05, 4.69) is 0 Å². The fourth-order valence-corrected chi connectivity index (χ4v) is 2.09. The van der Waals surface area contributed by atoms with Gasteiger partial charge in [0, 0.05) is 0 Å². The standard InChI is InChI=1S/C13H14ClF5/c1-3-8-5-6-9(4-2)10(7-8)11(14)12(15,16)13(17,18)19/h5-7,11H,3-4H2,1-2H3. The zero-order chi connectivity index (χ0) is 14.8. The summed E-state index contributed by atoms with van der Waals surface area (Å²) in [4.78, 5) is 0. The second-order valence-corrected chi connectivity index (χ2v) is 4.66. The molecule has 0 amide bonds. The monoisotopic (exact) mass is 300 g/mol. The molecule has 1 aromatic rings. The summed E-state index contributed by atoms with van der Waals surface area (Å²) in [5, 5.41) is -2.41. The van der Waals surface area contributed by atoms with Crippen LogP contribution >= 0.6 is 11.6 Å². The second kappa shape index (κ2) is 5.65. The van der Waals surface area contributed by atoms with Gasteiger partial charge in [0.1, 0.15) is 5.38 Å². The Kier molecular flexibility index (Phi) is 4.82. The summed E-state index contributed by atoms with van der Waals surface area (Å²) in [6, 6.07) is 4.59. The van der Waals surface area contributed by atoms with Gasteiger partial charge < -0.3 is 0 Å². The average molecular weight is 301 g/mol. The van der Waals surface area contributed by atoms with Crippen LogP contribution in [0.25, 0.3) is 0 Å². The minimum Gasteiger partial charge on any atom is -0.194 e. The summed E-state index contributed by atoms with van der Waals surface area (Å²) in [5.41, 5.74) is 0.933. The Hall–Kier alpha value is -0.840. The molecule has 1 aromatic carbocycles. The number of aryl methyl sites for hydroxylation is 2. The van der Waals surface area contributed by atoms with Gasteiger partial charge in [0.2, 0.25) is 0 Å². The first-order valence-electron chi connectivity index (χ1n) is 5.85. The van der Waals surface area contributed by atoms with Crippen LogP contribution in [0.4, 0.5) is 22.0 Å². The lowest BCUT2D eigenvalue weighted by atomic mass is 9.95. The second-order valence-electron chi connectivity index (χ2n) is 4.22. The van der Waals surface area contributed by atoms with Gasteiger partial charge in [-0.1, -0.05) is 32.0 Å². The molecule has 1 unspecified atom stereocenters. The molecule has 0 fully saturated rings. The van der Waals surface area contributed by atoms with E-state index in [-0.39, 0.29) is 5.56 Å². The van der Waals surface area contributed by atoms with Crippen molar-refractivity contribution in [2.24, 2.45) is 0 Å². The molecule has 0 heterocycles. The molecule has 0 spiro atoms. The topological polar surface area (TPSA) is 0 Å². The van der Waals surface area contributed by atoms with Crippen molar-refractivity contribution >= 4 is 11.6 Å². The van der Waals surface area contributed by atoms with Gasteiger partial charge in [0.05, 0.1) is 0 Å². The van der Waals surface area contributed by atoms with E-state index in [1.165, 1.54) is 6.07 Å². The molecule has 0 aromatic heterocycles. The fourth-order valence-electron chi connectivity index (χ4n) is 1.76. The van der Waals surface area contributed by atoms with Gasteiger partial charge in [-0.3, -0.25) is 0 Å². The van der Waals surface area contributed by atoms with Crippen LogP contribution in [-0.2, 0) is 12.8 Å². The lowest BCUT2D eigenvalue weighted by molar-refractivity contribution is -0.283. The number of hydrogen-bond acceptors (Lipinski definition) is 0. The molecular weight excluding hydrogens is 287 g/mol. The molecule has 0 N–H and O–H groups in total. The van der Waals surface area contributed by atoms with Gasteiger partial charge in [0.25, 0.3) is 0 Å². The van der Waals surface area contributed by atoms with E-state index in [1.54, 1.807) is 26.0 Å². The number of alkyl halides is 6. The Morgan fingerprint density at radius 2 is 1.63 bits per heavy atom. The first-order chi connectivity index (χ1) is 8.65. The number of hydrogen-bond donors (Lipinski definition) is 0. The number of rotatable bonds is 4. The predicted molar refractivity (Wildman–Crippen MR) is 64.8 cm³/mol. The zero-order valence-electron chi connectivity index (χ0n) is 10.5. The third kappa shape index (κ3) is 3.19. The maximum absolute atomic E-state index is 13.3. The van der Waals surface area contributed by atoms with Crippen molar-refractivity contribution in [2.45, 2.75) is 44.2 Å². The normalized spacial score (nSPS) is 14.5. The van der Waals surface area contributed by atoms with Gasteiger partial charge in [-0.2, -0.15) is 22.0 Å². The van der Waals surface area contributed by atoms with Crippen molar-refractivity contribution in [1.82, 2.24) is 0 Å². The molecule has 0 aliphatic heterocycles. The molecule has 0 saturated carbocycles. The minimum atomic E-state index is -5.66. The van der Waals surface area contributed by atoms with Gasteiger partial charge >= 0.3 is 12.1 Å². The van der Waals surface area contributed by atoms with E-state index >= 15 is 0 Å². The summed E-state index contributed by atoms with van der Waals surface area (Å²) in [7, 11) is 0. The Labute approximate surface area is 113 Å². The Morgan fingerprint density at radius 1 is 1.05 bits per heavy atom. The van der Waals surface area contributed by atoms with E-state index in [0.717, 1.165) is 0 Å². The van der Waals surface area contributed by atoms with Crippen molar-refractivity contribution < 1.29 is 22.0 Å². The fraction of sp³-hybridized carbons (Fsp3) is 0.538. The molecule has 0 bridgehead atoms. The van der Waals surface area contributed by atoms with E-state index < -0.39 is 17.5 Å². The van der Waals surface area contributed by atoms with Crippen LogP contribution in [-0.4, -0.2) is 12.1 Å². The van der Waals surface area contributed by atoms with E-state index in [4.69, 9.17) is 11.6 Å². The highest BCUT2D eigenvalue weighted by Crippen LogP contribution is 2.48. The maximum atomic E-state index is 13.3. The highest BCUT2D eigenvalue weighted by atomic mass is 35.5. The summed E-state index contributed by atoms with van der Waals surface area (Å²) in [6.45, 7) is 3.47. The largest absolute Gasteiger partial charge is 0.455 e. The van der Waals surface area contributed by atoms with Gasteiger partial charge in [-0.15, -0.1) is 11.6 Å². The van der Waals surface area contributed by atoms with E-state index in [9.17, 15) is 22.0 Å². The maximum Gasteiger partial charge on any atom is 0.455 e. The van der Waals surface area contributed by atoms with Crippen LogP contribution in [0, 0.1) is 0 Å². The Balaban J connectivity index is 3.28. The molecule has 0 radical (unpaired) electrons. The SMILES string of the molecule is CCc1ccc(CC)c(C(Cl)C(F)(F)C(F)(F)F)c1. The average Bonchev–Trinajstić information content (AvgIpc) is 2.35. The van der Waals surface area contributed by atoms with E-state index in [0.29, 0.717) is 24.0 Å². The van der Waals surface area contributed by atoms with Crippen molar-refractivity contribution in [3.63, 3.8) is 0 Å². The first-order valence-corrected chi connectivity index (χ1v) is 6.29. The molecule has 0 nitrogen and oxygen atoms in total.